The van der Waals surface area contributed by atoms with E-state index < -0.39 is 0 Å². The van der Waals surface area contributed by atoms with Gasteiger partial charge in [-0.15, -0.1) is 0 Å². The van der Waals surface area contributed by atoms with E-state index >= 15 is 0 Å². The lowest BCUT2D eigenvalue weighted by molar-refractivity contribution is 0.0931. The summed E-state index contributed by atoms with van der Waals surface area (Å²) in [5.74, 6) is 1.72. The normalized spacial score (nSPS) is 24.1. The summed E-state index contributed by atoms with van der Waals surface area (Å²) in [4.78, 5) is 16.6. The fourth-order valence-electron chi connectivity index (χ4n) is 3.60. The number of nitrogens with zero attached hydrogens (tertiary/aromatic N) is 1. The summed E-state index contributed by atoms with van der Waals surface area (Å²) in [6.45, 7) is 0. The van der Waals surface area contributed by atoms with E-state index in [1.165, 1.54) is 6.42 Å². The fourth-order valence-corrected chi connectivity index (χ4v) is 3.60. The Hall–Kier alpha value is -2.60. The van der Waals surface area contributed by atoms with Gasteiger partial charge in [0.25, 0.3) is 5.91 Å². The third-order valence-corrected chi connectivity index (χ3v) is 4.90. The first kappa shape index (κ1) is 15.9. The third-order valence-electron chi connectivity index (χ3n) is 4.90. The van der Waals surface area contributed by atoms with Crippen LogP contribution in [0.1, 0.15) is 29.6 Å². The SMILES string of the molecule is COc1ccnc(Oc2ccc(C(=O)NC3CC4CCC3N4)cc2)c1. The molecule has 130 valence electrons. The Labute approximate surface area is 146 Å². The van der Waals surface area contributed by atoms with Crippen molar-refractivity contribution in [2.24, 2.45) is 0 Å². The van der Waals surface area contributed by atoms with Gasteiger partial charge in [0, 0.05) is 36.0 Å². The molecule has 2 N–H and O–H groups in total. The van der Waals surface area contributed by atoms with Crippen LogP contribution in [0.4, 0.5) is 0 Å². The van der Waals surface area contributed by atoms with Crippen LogP contribution in [0.3, 0.4) is 0 Å². The number of amides is 1. The fraction of sp³-hybridized carbons (Fsp3) is 0.368. The van der Waals surface area contributed by atoms with Gasteiger partial charge in [-0.25, -0.2) is 4.98 Å². The first-order chi connectivity index (χ1) is 12.2. The van der Waals surface area contributed by atoms with Crippen molar-refractivity contribution in [2.45, 2.75) is 37.4 Å². The van der Waals surface area contributed by atoms with Crippen LogP contribution in [-0.2, 0) is 0 Å². The van der Waals surface area contributed by atoms with Crippen molar-refractivity contribution in [1.29, 1.82) is 0 Å². The molecule has 3 heterocycles. The minimum Gasteiger partial charge on any atom is -0.497 e. The van der Waals surface area contributed by atoms with Gasteiger partial charge in [-0.05, 0) is 49.6 Å². The third kappa shape index (κ3) is 3.44. The van der Waals surface area contributed by atoms with E-state index in [0.717, 1.165) is 12.8 Å². The maximum atomic E-state index is 12.4. The van der Waals surface area contributed by atoms with Crippen LogP contribution in [0, 0.1) is 0 Å². The molecule has 2 aliphatic rings. The van der Waals surface area contributed by atoms with Gasteiger partial charge in [-0.3, -0.25) is 4.79 Å². The predicted octanol–water partition coefficient (Wildman–Crippen LogP) is 2.51. The van der Waals surface area contributed by atoms with Gasteiger partial charge < -0.3 is 20.1 Å². The Balaban J connectivity index is 1.38. The number of carbonyl (C=O) groups is 1. The average Bonchev–Trinajstić information content (AvgIpc) is 3.25. The van der Waals surface area contributed by atoms with Gasteiger partial charge in [0.05, 0.1) is 7.11 Å². The summed E-state index contributed by atoms with van der Waals surface area (Å²) >= 11 is 0. The van der Waals surface area contributed by atoms with E-state index in [9.17, 15) is 4.79 Å². The molecule has 0 radical (unpaired) electrons. The molecule has 2 aliphatic heterocycles. The highest BCUT2D eigenvalue weighted by Gasteiger charge is 2.39. The highest BCUT2D eigenvalue weighted by atomic mass is 16.5. The monoisotopic (exact) mass is 339 g/mol. The van der Waals surface area contributed by atoms with Crippen molar-refractivity contribution < 1.29 is 14.3 Å². The molecule has 1 aromatic heterocycles. The van der Waals surface area contributed by atoms with Crippen molar-refractivity contribution >= 4 is 5.91 Å². The highest BCUT2D eigenvalue weighted by Crippen LogP contribution is 2.28. The van der Waals surface area contributed by atoms with Gasteiger partial charge in [-0.2, -0.15) is 0 Å². The van der Waals surface area contributed by atoms with Gasteiger partial charge in [0.2, 0.25) is 5.88 Å². The largest absolute Gasteiger partial charge is 0.497 e. The first-order valence-corrected chi connectivity index (χ1v) is 8.56. The second kappa shape index (κ2) is 6.72. The summed E-state index contributed by atoms with van der Waals surface area (Å²) in [7, 11) is 1.60. The van der Waals surface area contributed by atoms with Crippen molar-refractivity contribution in [1.82, 2.24) is 15.6 Å². The topological polar surface area (TPSA) is 72.5 Å². The standard InChI is InChI=1S/C19H21N3O3/c1-24-15-8-9-20-18(11-15)25-14-5-2-12(3-6-14)19(23)22-17-10-13-4-7-16(17)21-13/h2-3,5-6,8-9,11,13,16-17,21H,4,7,10H2,1H3,(H,22,23). The van der Waals surface area contributed by atoms with Crippen molar-refractivity contribution in [3.05, 3.63) is 48.2 Å². The molecule has 6 heteroatoms. The Kier molecular flexibility index (Phi) is 4.28. The second-order valence-corrected chi connectivity index (χ2v) is 6.52. The number of nitrogens with one attached hydrogen (secondary N) is 2. The molecule has 1 amide bonds. The lowest BCUT2D eigenvalue weighted by Crippen LogP contribution is -2.42. The van der Waals surface area contributed by atoms with E-state index in [0.29, 0.717) is 35.0 Å². The predicted molar refractivity (Wildman–Crippen MR) is 93.1 cm³/mol. The van der Waals surface area contributed by atoms with E-state index in [1.54, 1.807) is 49.7 Å². The molecule has 4 rings (SSSR count). The van der Waals surface area contributed by atoms with E-state index in [2.05, 4.69) is 15.6 Å². The average molecular weight is 339 g/mol. The molecule has 25 heavy (non-hydrogen) atoms. The van der Waals surface area contributed by atoms with Gasteiger partial charge in [-0.1, -0.05) is 0 Å². The number of ether oxygens (including phenoxy) is 2. The number of hydrogen-bond donors (Lipinski definition) is 2. The molecular formula is C19H21N3O3. The van der Waals surface area contributed by atoms with E-state index in [4.69, 9.17) is 9.47 Å². The number of fused-ring (bicyclic) bond motifs is 2. The van der Waals surface area contributed by atoms with Crippen molar-refractivity contribution in [3.63, 3.8) is 0 Å². The zero-order valence-electron chi connectivity index (χ0n) is 14.1. The smallest absolute Gasteiger partial charge is 0.251 e. The number of pyridine rings is 1. The number of methoxy groups -OCH3 is 1. The Morgan fingerprint density at radius 1 is 1.20 bits per heavy atom. The molecule has 0 spiro atoms. The summed E-state index contributed by atoms with van der Waals surface area (Å²) in [6, 6.07) is 11.8. The van der Waals surface area contributed by atoms with Crippen LogP contribution >= 0.6 is 0 Å². The molecule has 2 aromatic rings. The maximum Gasteiger partial charge on any atom is 0.251 e. The summed E-state index contributed by atoms with van der Waals surface area (Å²) in [6.07, 6.45) is 5.02. The quantitative estimate of drug-likeness (QED) is 0.876. The molecular weight excluding hydrogens is 318 g/mol. The molecule has 0 aliphatic carbocycles. The van der Waals surface area contributed by atoms with Gasteiger partial charge in [0.1, 0.15) is 11.5 Å². The zero-order valence-corrected chi connectivity index (χ0v) is 14.1. The lowest BCUT2D eigenvalue weighted by Gasteiger charge is -2.21. The molecule has 3 atom stereocenters. The Bertz CT molecular complexity index is 763. The molecule has 2 bridgehead atoms. The van der Waals surface area contributed by atoms with Gasteiger partial charge >= 0.3 is 0 Å². The Morgan fingerprint density at radius 3 is 2.72 bits per heavy atom. The summed E-state index contributed by atoms with van der Waals surface area (Å²) in [5, 5.41) is 6.67. The molecule has 2 saturated heterocycles. The highest BCUT2D eigenvalue weighted by molar-refractivity contribution is 5.94. The summed E-state index contributed by atoms with van der Waals surface area (Å²) < 4.78 is 10.8. The van der Waals surface area contributed by atoms with Crippen LogP contribution in [0.2, 0.25) is 0 Å². The molecule has 0 saturated carbocycles. The minimum atomic E-state index is -0.0367. The molecule has 2 fully saturated rings. The van der Waals surface area contributed by atoms with Crippen LogP contribution in [-0.4, -0.2) is 36.1 Å². The number of hydrogen-bond acceptors (Lipinski definition) is 5. The van der Waals surface area contributed by atoms with Gasteiger partial charge in [0.15, 0.2) is 0 Å². The lowest BCUT2D eigenvalue weighted by atomic mass is 9.95. The number of benzene rings is 1. The second-order valence-electron chi connectivity index (χ2n) is 6.52. The van der Waals surface area contributed by atoms with E-state index in [1.807, 2.05) is 0 Å². The van der Waals surface area contributed by atoms with Crippen LogP contribution in [0.5, 0.6) is 17.4 Å². The van der Waals surface area contributed by atoms with Crippen LogP contribution < -0.4 is 20.1 Å². The molecule has 1 aromatic carbocycles. The zero-order chi connectivity index (χ0) is 17.2. The Morgan fingerprint density at radius 2 is 2.04 bits per heavy atom. The minimum absolute atomic E-state index is 0.0367. The molecule has 3 unspecified atom stereocenters. The number of rotatable bonds is 5. The van der Waals surface area contributed by atoms with E-state index in [-0.39, 0.29) is 11.9 Å². The maximum absolute atomic E-state index is 12.4. The summed E-state index contributed by atoms with van der Waals surface area (Å²) in [5.41, 5.74) is 0.633. The number of carbonyl (C=O) groups excluding carboxylic acids is 1. The van der Waals surface area contributed by atoms with Crippen molar-refractivity contribution in [3.8, 4) is 17.4 Å². The first-order valence-electron chi connectivity index (χ1n) is 8.56. The number of aromatic nitrogens is 1. The van der Waals surface area contributed by atoms with Crippen LogP contribution in [0.15, 0.2) is 42.6 Å². The van der Waals surface area contributed by atoms with Crippen molar-refractivity contribution in [2.75, 3.05) is 7.11 Å². The molecule has 6 nitrogen and oxygen atoms in total. The van der Waals surface area contributed by atoms with Crippen LogP contribution in [0.25, 0.3) is 0 Å².